The Morgan fingerprint density at radius 1 is 1.13 bits per heavy atom. The molecule has 1 N–H and O–H groups in total. The van der Waals surface area contributed by atoms with Crippen molar-refractivity contribution in [2.45, 2.75) is 39.3 Å². The van der Waals surface area contributed by atoms with E-state index in [0.29, 0.717) is 17.9 Å². The van der Waals surface area contributed by atoms with Crippen LogP contribution in [0.5, 0.6) is 0 Å². The number of aromatic nitrogens is 3. The molecule has 1 aliphatic rings. The van der Waals surface area contributed by atoms with Crippen LogP contribution < -0.4 is 5.32 Å². The van der Waals surface area contributed by atoms with Gasteiger partial charge < -0.3 is 10.2 Å². The minimum Gasteiger partial charge on any atom is -0.391 e. The number of hydrogen-bond acceptors (Lipinski definition) is 5. The number of benzene rings is 1. The number of carbonyl (C=O) groups is 1. The summed E-state index contributed by atoms with van der Waals surface area (Å²) in [7, 11) is 0. The first-order valence-corrected chi connectivity index (χ1v) is 10.6. The summed E-state index contributed by atoms with van der Waals surface area (Å²) in [4.78, 5) is 23.0. The molecule has 0 radical (unpaired) electrons. The Bertz CT molecular complexity index is 1060. The van der Waals surface area contributed by atoms with Crippen molar-refractivity contribution in [2.75, 3.05) is 6.54 Å². The molecular weight excluding hydrogens is 390 g/mol. The molecule has 2 unspecified atom stereocenters. The van der Waals surface area contributed by atoms with E-state index in [2.05, 4.69) is 39.6 Å². The molecular formula is C24H27N5O2. The van der Waals surface area contributed by atoms with Gasteiger partial charge in [-0.05, 0) is 37.6 Å². The highest BCUT2D eigenvalue weighted by Crippen LogP contribution is 2.22. The quantitative estimate of drug-likeness (QED) is 0.632. The van der Waals surface area contributed by atoms with Crippen LogP contribution in [0.1, 0.15) is 42.9 Å². The lowest BCUT2D eigenvalue weighted by Gasteiger charge is -2.15. The van der Waals surface area contributed by atoms with Gasteiger partial charge in [-0.25, -0.2) is 0 Å². The fourth-order valence-electron chi connectivity index (χ4n) is 3.64. The predicted molar refractivity (Wildman–Crippen MR) is 120 cm³/mol. The summed E-state index contributed by atoms with van der Waals surface area (Å²) < 4.78 is 1.73. The fraction of sp³-hybridized carbons (Fsp3) is 0.333. The van der Waals surface area contributed by atoms with Crippen molar-refractivity contribution in [3.8, 4) is 11.4 Å². The first kappa shape index (κ1) is 20.8. The molecule has 4 rings (SSSR count). The van der Waals surface area contributed by atoms with Gasteiger partial charge in [0.2, 0.25) is 0 Å². The van der Waals surface area contributed by atoms with Crippen molar-refractivity contribution in [1.82, 2.24) is 20.1 Å². The SMILES string of the molecule is CC1C(CNC(=O)c2cc(-c3ccccn3)nn2C(C)C)=NOC1Cc1ccccc1. The van der Waals surface area contributed by atoms with Gasteiger partial charge in [0, 0.05) is 24.6 Å². The Morgan fingerprint density at radius 3 is 2.61 bits per heavy atom. The van der Waals surface area contributed by atoms with Gasteiger partial charge in [0.05, 0.1) is 18.0 Å². The predicted octanol–water partition coefficient (Wildman–Crippen LogP) is 3.89. The third kappa shape index (κ3) is 4.66. The maximum Gasteiger partial charge on any atom is 0.269 e. The maximum absolute atomic E-state index is 13.0. The first-order chi connectivity index (χ1) is 15.0. The number of nitrogens with zero attached hydrogens (tertiary/aromatic N) is 4. The minimum absolute atomic E-state index is 0.0220. The Hall–Kier alpha value is -3.48. The van der Waals surface area contributed by atoms with E-state index in [-0.39, 0.29) is 24.0 Å². The van der Waals surface area contributed by atoms with Crippen LogP contribution in [-0.2, 0) is 11.3 Å². The van der Waals surface area contributed by atoms with Crippen molar-refractivity contribution in [1.29, 1.82) is 0 Å². The third-order valence-electron chi connectivity index (χ3n) is 5.48. The molecule has 2 atom stereocenters. The number of hydrogen-bond donors (Lipinski definition) is 1. The molecule has 0 saturated carbocycles. The fourth-order valence-corrected chi connectivity index (χ4v) is 3.64. The molecule has 160 valence electrons. The summed E-state index contributed by atoms with van der Waals surface area (Å²) >= 11 is 0. The second kappa shape index (κ2) is 9.12. The minimum atomic E-state index is -0.190. The van der Waals surface area contributed by atoms with E-state index in [1.807, 2.05) is 50.2 Å². The molecule has 0 fully saturated rings. The van der Waals surface area contributed by atoms with Crippen LogP contribution in [0.3, 0.4) is 0 Å². The zero-order chi connectivity index (χ0) is 21.8. The lowest BCUT2D eigenvalue weighted by atomic mass is 9.94. The number of pyridine rings is 1. The smallest absolute Gasteiger partial charge is 0.269 e. The zero-order valence-electron chi connectivity index (χ0n) is 18.0. The van der Waals surface area contributed by atoms with E-state index in [1.165, 1.54) is 5.56 Å². The highest BCUT2D eigenvalue weighted by molar-refractivity contribution is 5.98. The summed E-state index contributed by atoms with van der Waals surface area (Å²) in [5, 5.41) is 11.8. The molecule has 0 spiro atoms. The van der Waals surface area contributed by atoms with Gasteiger partial charge in [0.15, 0.2) is 0 Å². The number of carbonyl (C=O) groups excluding carboxylic acids is 1. The summed E-state index contributed by atoms with van der Waals surface area (Å²) in [6.45, 7) is 6.42. The lowest BCUT2D eigenvalue weighted by Crippen LogP contribution is -2.35. The molecule has 0 aliphatic carbocycles. The molecule has 1 amide bonds. The Morgan fingerprint density at radius 2 is 1.90 bits per heavy atom. The molecule has 1 aromatic carbocycles. The van der Waals surface area contributed by atoms with Gasteiger partial charge in [0.25, 0.3) is 5.91 Å². The molecule has 7 nitrogen and oxygen atoms in total. The highest BCUT2D eigenvalue weighted by atomic mass is 16.6. The molecule has 1 aliphatic heterocycles. The zero-order valence-corrected chi connectivity index (χ0v) is 18.0. The van der Waals surface area contributed by atoms with Crippen LogP contribution in [-0.4, -0.2) is 39.0 Å². The van der Waals surface area contributed by atoms with Crippen molar-refractivity contribution in [3.63, 3.8) is 0 Å². The van der Waals surface area contributed by atoms with Crippen LogP contribution >= 0.6 is 0 Å². The van der Waals surface area contributed by atoms with Gasteiger partial charge in [-0.15, -0.1) is 0 Å². The van der Waals surface area contributed by atoms with Gasteiger partial charge in [-0.1, -0.05) is 48.5 Å². The summed E-state index contributed by atoms with van der Waals surface area (Å²) in [6.07, 6.45) is 2.48. The van der Waals surface area contributed by atoms with Gasteiger partial charge >= 0.3 is 0 Å². The third-order valence-corrected chi connectivity index (χ3v) is 5.48. The molecule has 2 aromatic heterocycles. The summed E-state index contributed by atoms with van der Waals surface area (Å²) in [6, 6.07) is 17.7. The van der Waals surface area contributed by atoms with Crippen molar-refractivity contribution in [3.05, 3.63) is 72.1 Å². The lowest BCUT2D eigenvalue weighted by molar-refractivity contribution is 0.0660. The van der Waals surface area contributed by atoms with E-state index in [4.69, 9.17) is 4.84 Å². The van der Waals surface area contributed by atoms with E-state index in [0.717, 1.165) is 17.8 Å². The van der Waals surface area contributed by atoms with Crippen molar-refractivity contribution in [2.24, 2.45) is 11.1 Å². The maximum atomic E-state index is 13.0. The van der Waals surface area contributed by atoms with Crippen LogP contribution in [0.25, 0.3) is 11.4 Å². The molecule has 31 heavy (non-hydrogen) atoms. The van der Waals surface area contributed by atoms with Crippen LogP contribution in [0.4, 0.5) is 0 Å². The Kier molecular flexibility index (Phi) is 6.11. The summed E-state index contributed by atoms with van der Waals surface area (Å²) in [5.41, 5.74) is 3.97. The molecule has 7 heteroatoms. The van der Waals surface area contributed by atoms with Gasteiger partial charge in [-0.3, -0.25) is 14.5 Å². The largest absolute Gasteiger partial charge is 0.391 e. The first-order valence-electron chi connectivity index (χ1n) is 10.6. The monoisotopic (exact) mass is 417 g/mol. The normalized spacial score (nSPS) is 18.0. The Balaban J connectivity index is 1.41. The number of oxime groups is 1. The van der Waals surface area contributed by atoms with E-state index in [1.54, 1.807) is 16.9 Å². The number of nitrogens with one attached hydrogen (secondary N) is 1. The molecule has 3 heterocycles. The average Bonchev–Trinajstić information content (AvgIpc) is 3.38. The second-order valence-corrected chi connectivity index (χ2v) is 8.06. The number of rotatable bonds is 7. The molecule has 0 saturated heterocycles. The number of amides is 1. The van der Waals surface area contributed by atoms with E-state index < -0.39 is 0 Å². The van der Waals surface area contributed by atoms with Crippen molar-refractivity contribution >= 4 is 11.6 Å². The highest BCUT2D eigenvalue weighted by Gasteiger charge is 2.31. The summed E-state index contributed by atoms with van der Waals surface area (Å²) in [5.74, 6) is -0.0654. The average molecular weight is 418 g/mol. The van der Waals surface area contributed by atoms with Crippen LogP contribution in [0.15, 0.2) is 65.9 Å². The van der Waals surface area contributed by atoms with E-state index in [9.17, 15) is 4.79 Å². The van der Waals surface area contributed by atoms with Crippen LogP contribution in [0.2, 0.25) is 0 Å². The van der Waals surface area contributed by atoms with Gasteiger partial charge in [0.1, 0.15) is 17.5 Å². The Labute approximate surface area is 182 Å². The second-order valence-electron chi connectivity index (χ2n) is 8.06. The van der Waals surface area contributed by atoms with Crippen molar-refractivity contribution < 1.29 is 9.63 Å². The van der Waals surface area contributed by atoms with Crippen LogP contribution in [0, 0.1) is 5.92 Å². The standard InChI is InChI=1S/C24H27N5O2/c1-16(2)29-22(14-20(27-29)19-11-7-8-12-25-19)24(30)26-15-21-17(3)23(31-28-21)13-18-9-5-4-6-10-18/h4-12,14,16-17,23H,13,15H2,1-3H3,(H,26,30). The van der Waals surface area contributed by atoms with E-state index >= 15 is 0 Å². The molecule has 0 bridgehead atoms. The topological polar surface area (TPSA) is 81.4 Å². The molecule has 3 aromatic rings. The van der Waals surface area contributed by atoms with Gasteiger partial charge in [-0.2, -0.15) is 5.10 Å².